The first-order chi connectivity index (χ1) is 7.84. The van der Waals surface area contributed by atoms with Crippen LogP contribution in [0.1, 0.15) is 55.2 Å². The number of fused-ring (bicyclic) bond motifs is 2. The molecule has 16 heavy (non-hydrogen) atoms. The van der Waals surface area contributed by atoms with Gasteiger partial charge < -0.3 is 5.73 Å². The van der Waals surface area contributed by atoms with Crippen molar-refractivity contribution in [3.05, 3.63) is 34.9 Å². The predicted octanol–water partition coefficient (Wildman–Crippen LogP) is 3.29. The smallest absolute Gasteiger partial charge is 0.0178 e. The molecule has 3 rings (SSSR count). The van der Waals surface area contributed by atoms with Crippen molar-refractivity contribution in [1.82, 2.24) is 0 Å². The molecular weight excluding hydrogens is 194 g/mol. The van der Waals surface area contributed by atoms with Crippen molar-refractivity contribution in [1.29, 1.82) is 0 Å². The lowest BCUT2D eigenvalue weighted by Gasteiger charge is -2.34. The quantitative estimate of drug-likeness (QED) is 0.764. The molecule has 0 saturated heterocycles. The van der Waals surface area contributed by atoms with E-state index in [1.807, 2.05) is 0 Å². The summed E-state index contributed by atoms with van der Waals surface area (Å²) in [6, 6.07) is 6.93. The van der Waals surface area contributed by atoms with Gasteiger partial charge in [-0.15, -0.1) is 0 Å². The summed E-state index contributed by atoms with van der Waals surface area (Å²) in [6.07, 6.45) is 9.78. The Hall–Kier alpha value is -0.820. The summed E-state index contributed by atoms with van der Waals surface area (Å²) in [7, 11) is 0. The van der Waals surface area contributed by atoms with Crippen molar-refractivity contribution < 1.29 is 0 Å². The molecule has 0 aromatic heterocycles. The summed E-state index contributed by atoms with van der Waals surface area (Å²) >= 11 is 0. The Morgan fingerprint density at radius 2 is 1.88 bits per heavy atom. The molecular formula is C15H21N. The molecule has 2 N–H and O–H groups in total. The second kappa shape index (κ2) is 3.89. The molecule has 86 valence electrons. The van der Waals surface area contributed by atoms with Crippen LogP contribution in [0.3, 0.4) is 0 Å². The highest BCUT2D eigenvalue weighted by Gasteiger charge is 2.39. The monoisotopic (exact) mass is 215 g/mol. The maximum atomic E-state index is 5.76. The lowest BCUT2D eigenvalue weighted by molar-refractivity contribution is 0.292. The number of rotatable bonds is 1. The van der Waals surface area contributed by atoms with Gasteiger partial charge in [-0.1, -0.05) is 37.5 Å². The van der Waals surface area contributed by atoms with Gasteiger partial charge in [-0.2, -0.15) is 0 Å². The first kappa shape index (κ1) is 10.3. The third-order valence-electron chi connectivity index (χ3n) is 4.66. The van der Waals surface area contributed by atoms with Gasteiger partial charge in [0.25, 0.3) is 0 Å². The van der Waals surface area contributed by atoms with E-state index in [2.05, 4.69) is 18.2 Å². The molecule has 1 aromatic carbocycles. The van der Waals surface area contributed by atoms with Crippen molar-refractivity contribution >= 4 is 0 Å². The minimum absolute atomic E-state index is 0.540. The van der Waals surface area contributed by atoms with Crippen LogP contribution < -0.4 is 5.73 Å². The van der Waals surface area contributed by atoms with E-state index >= 15 is 0 Å². The molecule has 1 heteroatoms. The van der Waals surface area contributed by atoms with Gasteiger partial charge in [0, 0.05) is 6.54 Å². The summed E-state index contributed by atoms with van der Waals surface area (Å²) in [5.41, 5.74) is 10.9. The fourth-order valence-corrected chi connectivity index (χ4v) is 3.72. The van der Waals surface area contributed by atoms with Crippen LogP contribution >= 0.6 is 0 Å². The predicted molar refractivity (Wildman–Crippen MR) is 67.4 cm³/mol. The minimum Gasteiger partial charge on any atom is -0.326 e. The Morgan fingerprint density at radius 3 is 2.62 bits per heavy atom. The normalized spacial score (nSPS) is 22.3. The summed E-state index contributed by atoms with van der Waals surface area (Å²) in [5.74, 6) is 0. The van der Waals surface area contributed by atoms with Gasteiger partial charge in [0.1, 0.15) is 0 Å². The Morgan fingerprint density at radius 1 is 1.06 bits per heavy atom. The van der Waals surface area contributed by atoms with Crippen LogP contribution in [0.25, 0.3) is 0 Å². The van der Waals surface area contributed by atoms with Gasteiger partial charge in [-0.3, -0.25) is 0 Å². The van der Waals surface area contributed by atoms with Crippen molar-refractivity contribution in [2.75, 3.05) is 0 Å². The van der Waals surface area contributed by atoms with E-state index in [-0.39, 0.29) is 0 Å². The fourth-order valence-electron chi connectivity index (χ4n) is 3.72. The van der Waals surface area contributed by atoms with Crippen molar-refractivity contribution in [2.45, 2.75) is 56.9 Å². The fraction of sp³-hybridized carbons (Fsp3) is 0.600. The van der Waals surface area contributed by atoms with Crippen molar-refractivity contribution in [3.63, 3.8) is 0 Å². The third-order valence-corrected chi connectivity index (χ3v) is 4.66. The van der Waals surface area contributed by atoms with E-state index in [1.165, 1.54) is 50.5 Å². The Kier molecular flexibility index (Phi) is 2.51. The van der Waals surface area contributed by atoms with Crippen LogP contribution in [-0.2, 0) is 18.4 Å². The molecule has 1 saturated carbocycles. The molecule has 0 atom stereocenters. The number of benzene rings is 1. The van der Waals surface area contributed by atoms with Crippen LogP contribution in [0.2, 0.25) is 0 Å². The lowest BCUT2D eigenvalue weighted by Crippen LogP contribution is -2.26. The third kappa shape index (κ3) is 1.49. The number of aryl methyl sites for hydroxylation is 1. The molecule has 0 aliphatic heterocycles. The number of hydrogen-bond donors (Lipinski definition) is 1. The van der Waals surface area contributed by atoms with Gasteiger partial charge in [-0.25, -0.2) is 0 Å². The highest BCUT2D eigenvalue weighted by Crippen LogP contribution is 2.48. The van der Waals surface area contributed by atoms with E-state index < -0.39 is 0 Å². The van der Waals surface area contributed by atoms with E-state index in [1.54, 1.807) is 11.1 Å². The molecule has 1 nitrogen and oxygen atoms in total. The second-order valence-electron chi connectivity index (χ2n) is 5.54. The summed E-state index contributed by atoms with van der Waals surface area (Å²) in [6.45, 7) is 0.684. The molecule has 0 amide bonds. The average molecular weight is 215 g/mol. The van der Waals surface area contributed by atoms with Crippen LogP contribution in [0.5, 0.6) is 0 Å². The average Bonchev–Trinajstić information content (AvgIpc) is 2.69. The molecule has 1 aromatic rings. The molecule has 2 aliphatic carbocycles. The largest absolute Gasteiger partial charge is 0.326 e. The van der Waals surface area contributed by atoms with Gasteiger partial charge >= 0.3 is 0 Å². The first-order valence-corrected chi connectivity index (χ1v) is 6.66. The van der Waals surface area contributed by atoms with Gasteiger partial charge in [0.15, 0.2) is 0 Å². The van der Waals surface area contributed by atoms with Crippen LogP contribution in [0, 0.1) is 0 Å². The highest BCUT2D eigenvalue weighted by atomic mass is 14.5. The van der Waals surface area contributed by atoms with E-state index in [0.29, 0.717) is 12.0 Å². The SMILES string of the molecule is NCc1ccc2c(c1)C1(CCCCC1)CC2. The maximum Gasteiger partial charge on any atom is 0.0178 e. The summed E-state index contributed by atoms with van der Waals surface area (Å²) in [4.78, 5) is 0. The number of nitrogens with two attached hydrogens (primary N) is 1. The van der Waals surface area contributed by atoms with Crippen LogP contribution in [-0.4, -0.2) is 0 Å². The topological polar surface area (TPSA) is 26.0 Å². The van der Waals surface area contributed by atoms with E-state index in [0.717, 1.165) is 0 Å². The first-order valence-electron chi connectivity index (χ1n) is 6.66. The minimum atomic E-state index is 0.540. The molecule has 0 bridgehead atoms. The number of hydrogen-bond acceptors (Lipinski definition) is 1. The molecule has 0 unspecified atom stereocenters. The van der Waals surface area contributed by atoms with Crippen molar-refractivity contribution in [2.24, 2.45) is 5.73 Å². The van der Waals surface area contributed by atoms with Gasteiger partial charge in [0.05, 0.1) is 0 Å². The Bertz CT molecular complexity index is 383. The van der Waals surface area contributed by atoms with E-state index in [4.69, 9.17) is 5.73 Å². The molecule has 1 fully saturated rings. The molecule has 0 heterocycles. The zero-order valence-corrected chi connectivity index (χ0v) is 9.97. The Balaban J connectivity index is 2.02. The zero-order valence-electron chi connectivity index (χ0n) is 9.97. The van der Waals surface area contributed by atoms with Crippen LogP contribution in [0.15, 0.2) is 18.2 Å². The zero-order chi connectivity index (χ0) is 11.0. The maximum absolute atomic E-state index is 5.76. The highest BCUT2D eigenvalue weighted by molar-refractivity contribution is 5.42. The lowest BCUT2D eigenvalue weighted by atomic mass is 9.70. The van der Waals surface area contributed by atoms with Gasteiger partial charge in [-0.05, 0) is 47.8 Å². The molecule has 2 aliphatic rings. The molecule has 1 spiro atoms. The standard InChI is InChI=1S/C15H21N/c16-11-12-4-5-13-6-9-15(14(13)10-12)7-2-1-3-8-15/h4-5,10H,1-3,6-9,11,16H2. The van der Waals surface area contributed by atoms with Crippen LogP contribution in [0.4, 0.5) is 0 Å². The van der Waals surface area contributed by atoms with Gasteiger partial charge in [0.2, 0.25) is 0 Å². The second-order valence-corrected chi connectivity index (χ2v) is 5.54. The van der Waals surface area contributed by atoms with E-state index in [9.17, 15) is 0 Å². The molecule has 0 radical (unpaired) electrons. The summed E-state index contributed by atoms with van der Waals surface area (Å²) in [5, 5.41) is 0. The summed E-state index contributed by atoms with van der Waals surface area (Å²) < 4.78 is 0. The Labute approximate surface area is 98.0 Å². The van der Waals surface area contributed by atoms with Crippen molar-refractivity contribution in [3.8, 4) is 0 Å².